The molecule has 1 aromatic heterocycles. The van der Waals surface area contributed by atoms with E-state index >= 15 is 0 Å². The first-order chi connectivity index (χ1) is 16.4. The molecule has 0 aliphatic carbocycles. The summed E-state index contributed by atoms with van der Waals surface area (Å²) in [4.78, 5) is 4.65. The summed E-state index contributed by atoms with van der Waals surface area (Å²) in [6.45, 7) is 6.94. The van der Waals surface area contributed by atoms with Crippen molar-refractivity contribution in [1.82, 2.24) is 9.55 Å². The van der Waals surface area contributed by atoms with Crippen molar-refractivity contribution in [3.05, 3.63) is 82.9 Å². The number of imidazole rings is 1. The minimum Gasteiger partial charge on any atom is -0.428 e. The SMILES string of the molecule is CC(C)(C)c1ccc(CNc2nc3ccc(Cl)cc3n2-c2ccc(OC(F)(F)C(F)F)cc2)cc1.Cl. The average Bonchev–Trinajstić information content (AvgIpc) is 3.15. The van der Waals surface area contributed by atoms with Crippen LogP contribution in [0.3, 0.4) is 0 Å². The van der Waals surface area contributed by atoms with Gasteiger partial charge in [0.2, 0.25) is 5.95 Å². The molecule has 0 unspecified atom stereocenters. The first kappa shape index (κ1) is 27.6. The van der Waals surface area contributed by atoms with Gasteiger partial charge in [0.1, 0.15) is 5.75 Å². The Labute approximate surface area is 217 Å². The normalized spacial score (nSPS) is 12.0. The molecule has 10 heteroatoms. The van der Waals surface area contributed by atoms with Gasteiger partial charge in [0, 0.05) is 17.3 Å². The van der Waals surface area contributed by atoms with Crippen LogP contribution in [0.25, 0.3) is 16.7 Å². The summed E-state index contributed by atoms with van der Waals surface area (Å²) >= 11 is 6.20. The van der Waals surface area contributed by atoms with Crippen molar-refractivity contribution in [2.45, 2.75) is 45.3 Å². The molecule has 4 aromatic rings. The van der Waals surface area contributed by atoms with E-state index in [1.807, 2.05) is 12.1 Å². The molecule has 0 radical (unpaired) electrons. The van der Waals surface area contributed by atoms with Gasteiger partial charge in [-0.2, -0.15) is 17.6 Å². The van der Waals surface area contributed by atoms with Crippen molar-refractivity contribution in [2.75, 3.05) is 5.32 Å². The molecular weight excluding hydrogens is 517 g/mol. The topological polar surface area (TPSA) is 39.1 Å². The molecule has 0 bridgehead atoms. The third kappa shape index (κ3) is 6.05. The molecule has 1 N–H and O–H groups in total. The van der Waals surface area contributed by atoms with E-state index in [0.717, 1.165) is 5.56 Å². The standard InChI is InChI=1S/C26H24ClF4N3O.ClH/c1-25(2,3)17-6-4-16(5-7-17)15-32-24-33-21-13-8-18(27)14-22(21)34(24)19-9-11-20(12-10-19)35-26(30,31)23(28)29;/h4-14,23H,15H2,1-3H3,(H,32,33);1H. The number of halogens is 6. The highest BCUT2D eigenvalue weighted by molar-refractivity contribution is 6.31. The van der Waals surface area contributed by atoms with Gasteiger partial charge in [0.05, 0.1) is 11.0 Å². The lowest BCUT2D eigenvalue weighted by Gasteiger charge is -2.19. The second kappa shape index (κ2) is 10.6. The third-order valence-corrected chi connectivity index (χ3v) is 5.73. The number of alkyl halides is 4. The fraction of sp³-hybridized carbons (Fsp3) is 0.269. The largest absolute Gasteiger partial charge is 0.461 e. The van der Waals surface area contributed by atoms with Crippen LogP contribution in [0.5, 0.6) is 5.75 Å². The van der Waals surface area contributed by atoms with Gasteiger partial charge < -0.3 is 10.1 Å². The molecule has 3 aromatic carbocycles. The number of anilines is 1. The zero-order chi connectivity index (χ0) is 25.4. The summed E-state index contributed by atoms with van der Waals surface area (Å²) in [5.74, 6) is 0.128. The summed E-state index contributed by atoms with van der Waals surface area (Å²) in [5.41, 5.74) is 4.25. The van der Waals surface area contributed by atoms with Gasteiger partial charge in [0.25, 0.3) is 0 Å². The molecule has 192 valence electrons. The number of ether oxygens (including phenoxy) is 1. The Morgan fingerprint density at radius 3 is 2.19 bits per heavy atom. The lowest BCUT2D eigenvalue weighted by Crippen LogP contribution is -2.33. The number of nitrogens with one attached hydrogen (secondary N) is 1. The van der Waals surface area contributed by atoms with E-state index in [0.29, 0.717) is 34.2 Å². The summed E-state index contributed by atoms with van der Waals surface area (Å²) in [5, 5.41) is 3.82. The van der Waals surface area contributed by atoms with Crippen molar-refractivity contribution in [2.24, 2.45) is 0 Å². The number of aromatic nitrogens is 2. The van der Waals surface area contributed by atoms with Gasteiger partial charge in [-0.05, 0) is 59.0 Å². The second-order valence-corrected chi connectivity index (χ2v) is 9.60. The Morgan fingerprint density at radius 1 is 0.972 bits per heavy atom. The summed E-state index contributed by atoms with van der Waals surface area (Å²) in [6, 6.07) is 18.9. The van der Waals surface area contributed by atoms with Gasteiger partial charge in [-0.25, -0.2) is 4.98 Å². The first-order valence-electron chi connectivity index (χ1n) is 10.9. The number of rotatable bonds is 7. The zero-order valence-electron chi connectivity index (χ0n) is 19.7. The van der Waals surface area contributed by atoms with E-state index in [1.54, 1.807) is 22.8 Å². The van der Waals surface area contributed by atoms with Crippen molar-refractivity contribution in [3.63, 3.8) is 0 Å². The van der Waals surface area contributed by atoms with Crippen molar-refractivity contribution in [3.8, 4) is 11.4 Å². The first-order valence-corrected chi connectivity index (χ1v) is 11.3. The Morgan fingerprint density at radius 2 is 1.61 bits per heavy atom. The van der Waals surface area contributed by atoms with E-state index in [1.165, 1.54) is 29.8 Å². The predicted octanol–water partition coefficient (Wildman–Crippen LogP) is 8.25. The molecule has 0 aliphatic heterocycles. The molecule has 0 amide bonds. The molecule has 0 aliphatic rings. The maximum absolute atomic E-state index is 13.3. The van der Waals surface area contributed by atoms with E-state index < -0.39 is 12.5 Å². The number of hydrogen-bond donors (Lipinski definition) is 1. The molecule has 0 spiro atoms. The molecule has 0 fully saturated rings. The van der Waals surface area contributed by atoms with Crippen LogP contribution in [0.15, 0.2) is 66.7 Å². The van der Waals surface area contributed by atoms with E-state index in [9.17, 15) is 17.6 Å². The minimum absolute atomic E-state index is 0. The number of fused-ring (bicyclic) bond motifs is 1. The van der Waals surface area contributed by atoms with E-state index in [2.05, 4.69) is 47.9 Å². The Balaban J connectivity index is 0.00000361. The molecule has 1 heterocycles. The third-order valence-electron chi connectivity index (χ3n) is 5.49. The summed E-state index contributed by atoms with van der Waals surface area (Å²) < 4.78 is 57.4. The molecule has 0 saturated heterocycles. The smallest absolute Gasteiger partial charge is 0.428 e. The number of nitrogens with zero attached hydrogens (tertiary/aromatic N) is 2. The second-order valence-electron chi connectivity index (χ2n) is 9.16. The Hall–Kier alpha value is -2.97. The Bertz CT molecular complexity index is 1320. The van der Waals surface area contributed by atoms with Crippen LogP contribution in [0.1, 0.15) is 31.9 Å². The van der Waals surface area contributed by atoms with Crippen molar-refractivity contribution >= 4 is 41.0 Å². The summed E-state index contributed by atoms with van der Waals surface area (Å²) in [6.07, 6.45) is -8.51. The van der Waals surface area contributed by atoms with Crippen LogP contribution in [0.2, 0.25) is 5.02 Å². The molecular formula is C26H25Cl2F4N3O. The highest BCUT2D eigenvalue weighted by Crippen LogP contribution is 2.31. The molecule has 0 atom stereocenters. The minimum atomic E-state index is -4.58. The lowest BCUT2D eigenvalue weighted by atomic mass is 9.87. The fourth-order valence-corrected chi connectivity index (χ4v) is 3.76. The van der Waals surface area contributed by atoms with Crippen LogP contribution in [0.4, 0.5) is 23.5 Å². The van der Waals surface area contributed by atoms with Crippen LogP contribution < -0.4 is 10.1 Å². The van der Waals surface area contributed by atoms with Crippen LogP contribution in [-0.2, 0) is 12.0 Å². The van der Waals surface area contributed by atoms with Gasteiger partial charge in [-0.15, -0.1) is 12.4 Å². The van der Waals surface area contributed by atoms with Crippen LogP contribution in [0, 0.1) is 0 Å². The predicted molar refractivity (Wildman–Crippen MR) is 137 cm³/mol. The fourth-order valence-electron chi connectivity index (χ4n) is 3.60. The van der Waals surface area contributed by atoms with Gasteiger partial charge in [0.15, 0.2) is 0 Å². The van der Waals surface area contributed by atoms with Gasteiger partial charge >= 0.3 is 12.5 Å². The Kier molecular flexibility index (Phi) is 8.10. The monoisotopic (exact) mass is 541 g/mol. The average molecular weight is 542 g/mol. The lowest BCUT2D eigenvalue weighted by molar-refractivity contribution is -0.253. The van der Waals surface area contributed by atoms with Crippen LogP contribution >= 0.6 is 24.0 Å². The molecule has 36 heavy (non-hydrogen) atoms. The quantitative estimate of drug-likeness (QED) is 0.239. The maximum atomic E-state index is 13.3. The van der Waals surface area contributed by atoms with Crippen LogP contribution in [-0.4, -0.2) is 22.1 Å². The highest BCUT2D eigenvalue weighted by atomic mass is 35.5. The summed E-state index contributed by atoms with van der Waals surface area (Å²) in [7, 11) is 0. The van der Waals surface area contributed by atoms with Gasteiger partial charge in [-0.1, -0.05) is 56.6 Å². The number of benzene rings is 3. The molecule has 0 saturated carbocycles. The van der Waals surface area contributed by atoms with Crippen molar-refractivity contribution in [1.29, 1.82) is 0 Å². The van der Waals surface area contributed by atoms with E-state index in [4.69, 9.17) is 11.6 Å². The van der Waals surface area contributed by atoms with E-state index in [-0.39, 0.29) is 23.6 Å². The molecule has 4 nitrogen and oxygen atoms in total. The van der Waals surface area contributed by atoms with Gasteiger partial charge in [-0.3, -0.25) is 4.57 Å². The maximum Gasteiger partial charge on any atom is 0.461 e. The highest BCUT2D eigenvalue weighted by Gasteiger charge is 2.43. The zero-order valence-corrected chi connectivity index (χ0v) is 21.3. The van der Waals surface area contributed by atoms with Crippen molar-refractivity contribution < 1.29 is 22.3 Å². The molecule has 4 rings (SSSR count). The number of hydrogen-bond acceptors (Lipinski definition) is 3.